The highest BCUT2D eigenvalue weighted by Crippen LogP contribution is 2.41. The van der Waals surface area contributed by atoms with Crippen molar-refractivity contribution in [3.05, 3.63) is 71.8 Å². The van der Waals surface area contributed by atoms with Gasteiger partial charge in [-0.1, -0.05) is 48.5 Å². The van der Waals surface area contributed by atoms with E-state index >= 15 is 0 Å². The molecule has 1 heteroatoms. The molecule has 1 aromatic heterocycles. The van der Waals surface area contributed by atoms with Crippen LogP contribution in [0.4, 0.5) is 0 Å². The van der Waals surface area contributed by atoms with Crippen LogP contribution < -0.4 is 0 Å². The number of benzene rings is 4. The maximum absolute atomic E-state index is 6.33. The molecule has 0 fully saturated rings. The van der Waals surface area contributed by atoms with Gasteiger partial charge in [-0.05, 0) is 58.7 Å². The highest BCUT2D eigenvalue weighted by molar-refractivity contribution is 6.27. The van der Waals surface area contributed by atoms with E-state index in [9.17, 15) is 0 Å². The quantitative estimate of drug-likeness (QED) is 0.317. The van der Waals surface area contributed by atoms with Crippen molar-refractivity contribution in [2.75, 3.05) is 0 Å². The lowest BCUT2D eigenvalue weighted by Crippen LogP contribution is -1.81. The average molecular weight is 296 g/mol. The first-order valence-corrected chi connectivity index (χ1v) is 7.97. The van der Waals surface area contributed by atoms with Gasteiger partial charge < -0.3 is 4.42 Å². The molecule has 0 unspecified atom stereocenters. The predicted octanol–water partition coefficient (Wildman–Crippen LogP) is 6.51. The van der Waals surface area contributed by atoms with Crippen LogP contribution in [0.1, 0.15) is 11.1 Å². The summed E-state index contributed by atoms with van der Waals surface area (Å²) in [4.78, 5) is 0. The molecule has 1 nitrogen and oxygen atoms in total. The van der Waals surface area contributed by atoms with Crippen LogP contribution in [0.3, 0.4) is 0 Å². The van der Waals surface area contributed by atoms with Crippen LogP contribution in [0.5, 0.6) is 0 Å². The summed E-state index contributed by atoms with van der Waals surface area (Å²) in [6.07, 6.45) is 0. The number of fused-ring (bicyclic) bond motifs is 7. The molecule has 110 valence electrons. The van der Waals surface area contributed by atoms with Crippen LogP contribution in [0, 0.1) is 13.8 Å². The Hall–Kier alpha value is -2.80. The lowest BCUT2D eigenvalue weighted by atomic mass is 9.96. The summed E-state index contributed by atoms with van der Waals surface area (Å²) >= 11 is 0. The topological polar surface area (TPSA) is 13.1 Å². The molecule has 23 heavy (non-hydrogen) atoms. The smallest absolute Gasteiger partial charge is 0.139 e. The number of aryl methyl sites for hydroxylation is 2. The SMILES string of the molecule is Cc1cc2ccccc2c2c1oc1c(C)cc3ccccc3c12. The minimum atomic E-state index is 1.01. The van der Waals surface area contributed by atoms with Crippen molar-refractivity contribution in [1.29, 1.82) is 0 Å². The molecule has 0 amide bonds. The first-order chi connectivity index (χ1) is 11.2. The van der Waals surface area contributed by atoms with Crippen molar-refractivity contribution >= 4 is 43.5 Å². The van der Waals surface area contributed by atoms with Gasteiger partial charge in [-0.15, -0.1) is 0 Å². The summed E-state index contributed by atoms with van der Waals surface area (Å²) < 4.78 is 6.33. The third-order valence-corrected chi connectivity index (χ3v) is 4.83. The molecule has 0 aliphatic rings. The van der Waals surface area contributed by atoms with Crippen molar-refractivity contribution in [1.82, 2.24) is 0 Å². The first-order valence-electron chi connectivity index (χ1n) is 7.97. The molecule has 5 rings (SSSR count). The van der Waals surface area contributed by atoms with Gasteiger partial charge in [0.25, 0.3) is 0 Å². The Bertz CT molecular complexity index is 1130. The third kappa shape index (κ3) is 1.62. The Labute approximate surface area is 134 Å². The van der Waals surface area contributed by atoms with Gasteiger partial charge >= 0.3 is 0 Å². The Kier molecular flexibility index (Phi) is 2.41. The van der Waals surface area contributed by atoms with Crippen LogP contribution in [0.25, 0.3) is 43.5 Å². The lowest BCUT2D eigenvalue weighted by Gasteiger charge is -2.04. The zero-order valence-corrected chi connectivity index (χ0v) is 13.2. The Morgan fingerprint density at radius 2 is 1.04 bits per heavy atom. The zero-order valence-electron chi connectivity index (χ0n) is 13.2. The predicted molar refractivity (Wildman–Crippen MR) is 98.2 cm³/mol. The van der Waals surface area contributed by atoms with Crippen molar-refractivity contribution in [2.24, 2.45) is 0 Å². The molecule has 0 saturated heterocycles. The van der Waals surface area contributed by atoms with E-state index in [1.54, 1.807) is 0 Å². The lowest BCUT2D eigenvalue weighted by molar-refractivity contribution is 0.663. The minimum Gasteiger partial charge on any atom is -0.455 e. The van der Waals surface area contributed by atoms with Gasteiger partial charge in [0, 0.05) is 10.8 Å². The molecule has 0 bridgehead atoms. The van der Waals surface area contributed by atoms with Crippen LogP contribution in [0.2, 0.25) is 0 Å². The summed E-state index contributed by atoms with van der Waals surface area (Å²) in [5.41, 5.74) is 4.41. The van der Waals surface area contributed by atoms with E-state index in [4.69, 9.17) is 4.42 Å². The van der Waals surface area contributed by atoms with E-state index in [-0.39, 0.29) is 0 Å². The Morgan fingerprint density at radius 1 is 0.609 bits per heavy atom. The van der Waals surface area contributed by atoms with Crippen LogP contribution in [-0.2, 0) is 0 Å². The van der Waals surface area contributed by atoms with Gasteiger partial charge in [0.15, 0.2) is 0 Å². The molecule has 1 heterocycles. The van der Waals surface area contributed by atoms with Crippen molar-refractivity contribution < 1.29 is 4.42 Å². The van der Waals surface area contributed by atoms with Gasteiger partial charge in [-0.2, -0.15) is 0 Å². The summed E-state index contributed by atoms with van der Waals surface area (Å²) in [5.74, 6) is 0. The molecule has 0 spiro atoms. The molecule has 0 aliphatic carbocycles. The van der Waals surface area contributed by atoms with E-state index in [1.807, 2.05) is 0 Å². The number of hydrogen-bond donors (Lipinski definition) is 0. The van der Waals surface area contributed by atoms with E-state index < -0.39 is 0 Å². The molecule has 0 radical (unpaired) electrons. The fourth-order valence-electron chi connectivity index (χ4n) is 3.80. The molecule has 0 atom stereocenters. The van der Waals surface area contributed by atoms with Gasteiger partial charge in [0.05, 0.1) is 0 Å². The highest BCUT2D eigenvalue weighted by Gasteiger charge is 2.16. The summed E-state index contributed by atoms with van der Waals surface area (Å²) in [5, 5.41) is 7.56. The molecular weight excluding hydrogens is 280 g/mol. The standard InChI is InChI=1S/C22H16O/c1-13-11-15-7-3-5-9-17(15)19-20-18-10-6-4-8-16(18)12-14(2)22(20)23-21(13)19/h3-12H,1-2H3. The van der Waals surface area contributed by atoms with E-state index in [2.05, 4.69) is 74.5 Å². The van der Waals surface area contributed by atoms with Crippen molar-refractivity contribution in [3.8, 4) is 0 Å². The molecule has 0 saturated carbocycles. The molecule has 5 aromatic rings. The van der Waals surface area contributed by atoms with Crippen LogP contribution in [0.15, 0.2) is 65.1 Å². The monoisotopic (exact) mass is 296 g/mol. The largest absolute Gasteiger partial charge is 0.455 e. The second kappa shape index (κ2) is 4.36. The van der Waals surface area contributed by atoms with E-state index in [0.29, 0.717) is 0 Å². The fourth-order valence-corrected chi connectivity index (χ4v) is 3.80. The molecular formula is C22H16O. The van der Waals surface area contributed by atoms with Crippen molar-refractivity contribution in [3.63, 3.8) is 0 Å². The first kappa shape index (κ1) is 12.7. The second-order valence-corrected chi connectivity index (χ2v) is 6.34. The summed E-state index contributed by atoms with van der Waals surface area (Å²) in [7, 11) is 0. The second-order valence-electron chi connectivity index (χ2n) is 6.34. The minimum absolute atomic E-state index is 1.01. The highest BCUT2D eigenvalue weighted by atomic mass is 16.3. The van der Waals surface area contributed by atoms with E-state index in [0.717, 1.165) is 11.2 Å². The maximum atomic E-state index is 6.33. The van der Waals surface area contributed by atoms with Gasteiger partial charge in [-0.25, -0.2) is 0 Å². The summed E-state index contributed by atoms with van der Waals surface area (Å²) in [6, 6.07) is 21.6. The van der Waals surface area contributed by atoms with Gasteiger partial charge in [0.2, 0.25) is 0 Å². The Balaban J connectivity index is 2.21. The average Bonchev–Trinajstić information content (AvgIpc) is 2.98. The maximum Gasteiger partial charge on any atom is 0.139 e. The summed E-state index contributed by atoms with van der Waals surface area (Å²) in [6.45, 7) is 4.27. The van der Waals surface area contributed by atoms with Gasteiger partial charge in [-0.3, -0.25) is 0 Å². The number of rotatable bonds is 0. The normalized spacial score (nSPS) is 11.9. The van der Waals surface area contributed by atoms with E-state index in [1.165, 1.54) is 43.4 Å². The van der Waals surface area contributed by atoms with Crippen LogP contribution in [-0.4, -0.2) is 0 Å². The van der Waals surface area contributed by atoms with Gasteiger partial charge in [0.1, 0.15) is 11.2 Å². The number of hydrogen-bond acceptors (Lipinski definition) is 1. The fraction of sp³-hybridized carbons (Fsp3) is 0.0909. The van der Waals surface area contributed by atoms with Crippen LogP contribution >= 0.6 is 0 Å². The number of furan rings is 1. The zero-order chi connectivity index (χ0) is 15.6. The molecule has 0 N–H and O–H groups in total. The molecule has 4 aromatic carbocycles. The van der Waals surface area contributed by atoms with Crippen molar-refractivity contribution in [2.45, 2.75) is 13.8 Å². The third-order valence-electron chi connectivity index (χ3n) is 4.83. The Morgan fingerprint density at radius 3 is 1.52 bits per heavy atom. The molecule has 0 aliphatic heterocycles.